The maximum atomic E-state index is 9.73. The molecule has 0 spiro atoms. The molecule has 0 fully saturated rings. The van der Waals surface area contributed by atoms with Gasteiger partial charge in [0.05, 0.1) is 0 Å². The zero-order valence-electron chi connectivity index (χ0n) is 1.90. The molecular weight excluding hydrogens is 147 g/mol. The summed E-state index contributed by atoms with van der Waals surface area (Å²) < 4.78 is 29.2. The van der Waals surface area contributed by atoms with Crippen molar-refractivity contribution in [3.05, 3.63) is 0 Å². The van der Waals surface area contributed by atoms with E-state index in [4.69, 9.17) is 0 Å². The monoisotopic (exact) mass is 146 g/mol. The SMILES string of the molecule is FP(F)F.[Ni+2]. The molecule has 5 heavy (non-hydrogen) atoms. The Balaban J connectivity index is 0. The molecule has 0 saturated heterocycles. The molecule has 0 radical (unpaired) electrons. The van der Waals surface area contributed by atoms with Gasteiger partial charge >= 0.3 is 25.3 Å². The van der Waals surface area contributed by atoms with Crippen LogP contribution < -0.4 is 0 Å². The molecule has 0 unspecified atom stereocenters. The van der Waals surface area contributed by atoms with Gasteiger partial charge in [-0.1, -0.05) is 0 Å². The minimum atomic E-state index is -4.12. The molecule has 0 aromatic heterocycles. The topological polar surface area (TPSA) is 0 Å². The van der Waals surface area contributed by atoms with Crippen LogP contribution in [0, 0.1) is 0 Å². The smallest absolute Gasteiger partial charge is 0.152 e. The Morgan fingerprint density at radius 1 is 1.00 bits per heavy atom. The van der Waals surface area contributed by atoms with Crippen molar-refractivity contribution in [2.24, 2.45) is 0 Å². The quantitative estimate of drug-likeness (QED) is 0.363. The van der Waals surface area contributed by atoms with E-state index in [0.29, 0.717) is 0 Å². The molecule has 0 saturated carbocycles. The van der Waals surface area contributed by atoms with Crippen LogP contribution >= 0.6 is 8.85 Å². The third-order valence-electron chi connectivity index (χ3n) is 0. The predicted molar refractivity (Wildman–Crippen MR) is 10.2 cm³/mol. The standard InChI is InChI=1S/F3P.Ni/c1-4(2)3;/q;+2. The molecule has 5 heteroatoms. The summed E-state index contributed by atoms with van der Waals surface area (Å²) in [7, 11) is -4.12. The second-order valence-corrected chi connectivity index (χ2v) is 0.575. The first-order valence-electron chi connectivity index (χ1n) is 0.507. The van der Waals surface area contributed by atoms with Crippen molar-refractivity contribution < 1.29 is 29.1 Å². The molecule has 0 aliphatic heterocycles. The third kappa shape index (κ3) is 68.2. The summed E-state index contributed by atoms with van der Waals surface area (Å²) in [5.74, 6) is 0. The number of rotatable bonds is 0. The van der Waals surface area contributed by atoms with E-state index in [1.165, 1.54) is 0 Å². The minimum Gasteiger partial charge on any atom is -0.152 e. The van der Waals surface area contributed by atoms with E-state index in [2.05, 4.69) is 0 Å². The van der Waals surface area contributed by atoms with E-state index < -0.39 is 8.85 Å². The van der Waals surface area contributed by atoms with Gasteiger partial charge in [-0.2, -0.15) is 12.6 Å². The summed E-state index contributed by atoms with van der Waals surface area (Å²) in [6.45, 7) is 0. The Bertz CT molecular complexity index is 11.6. The van der Waals surface area contributed by atoms with Crippen molar-refractivity contribution in [3.8, 4) is 0 Å². The van der Waals surface area contributed by atoms with Crippen LogP contribution in [0.3, 0.4) is 0 Å². The summed E-state index contributed by atoms with van der Waals surface area (Å²) in [6.07, 6.45) is 0. The second-order valence-electron chi connectivity index (χ2n) is 0.192. The average molecular weight is 147 g/mol. The predicted octanol–water partition coefficient (Wildman–Crippen LogP) is 2.12. The van der Waals surface area contributed by atoms with Crippen LogP contribution in [0.4, 0.5) is 12.6 Å². The van der Waals surface area contributed by atoms with Crippen LogP contribution in [0.2, 0.25) is 0 Å². The summed E-state index contributed by atoms with van der Waals surface area (Å²) in [6, 6.07) is 0. The molecule has 0 heterocycles. The first-order valence-corrected chi connectivity index (χ1v) is 1.52. The van der Waals surface area contributed by atoms with Gasteiger partial charge in [-0.15, -0.1) is 0 Å². The maximum absolute atomic E-state index is 9.73. The van der Waals surface area contributed by atoms with Crippen molar-refractivity contribution in [3.63, 3.8) is 0 Å². The van der Waals surface area contributed by atoms with Gasteiger partial charge in [0.25, 0.3) is 0 Å². The third-order valence-corrected chi connectivity index (χ3v) is 0. The van der Waals surface area contributed by atoms with E-state index in [0.717, 1.165) is 0 Å². The molecule has 0 aliphatic carbocycles. The van der Waals surface area contributed by atoms with Gasteiger partial charge in [0.1, 0.15) is 0 Å². The Kier molecular flexibility index (Phi) is 8.68. The molecule has 0 N–H and O–H groups in total. The van der Waals surface area contributed by atoms with Gasteiger partial charge in [0.15, 0.2) is 0 Å². The van der Waals surface area contributed by atoms with Gasteiger partial charge in [-0.05, 0) is 0 Å². The Labute approximate surface area is 38.8 Å². The van der Waals surface area contributed by atoms with E-state index in [9.17, 15) is 12.6 Å². The Morgan fingerprint density at radius 2 is 1.00 bits per heavy atom. The van der Waals surface area contributed by atoms with Gasteiger partial charge in [0, 0.05) is 0 Å². The molecule has 0 aliphatic rings. The van der Waals surface area contributed by atoms with Crippen LogP contribution in [-0.2, 0) is 16.5 Å². The van der Waals surface area contributed by atoms with Crippen molar-refractivity contribution in [1.82, 2.24) is 0 Å². The fourth-order valence-electron chi connectivity index (χ4n) is 0. The van der Waals surface area contributed by atoms with Crippen LogP contribution in [0.1, 0.15) is 0 Å². The van der Waals surface area contributed by atoms with E-state index in [1.54, 1.807) is 0 Å². The number of hydrogen-bond acceptors (Lipinski definition) is 0. The molecule has 34 valence electrons. The van der Waals surface area contributed by atoms with Crippen molar-refractivity contribution in [1.29, 1.82) is 0 Å². The molecule has 0 bridgehead atoms. The summed E-state index contributed by atoms with van der Waals surface area (Å²) in [5.41, 5.74) is 0. The fourth-order valence-corrected chi connectivity index (χ4v) is 0. The average Bonchev–Trinajstić information content (AvgIpc) is 0.811. The summed E-state index contributed by atoms with van der Waals surface area (Å²) in [4.78, 5) is 0. The zero-order valence-corrected chi connectivity index (χ0v) is 3.78. The first kappa shape index (κ1) is 9.20. The number of hydrogen-bond donors (Lipinski definition) is 0. The van der Waals surface area contributed by atoms with Crippen LogP contribution in [0.5, 0.6) is 0 Å². The molecule has 0 nitrogen and oxygen atoms in total. The molecule has 0 aromatic carbocycles. The Morgan fingerprint density at radius 3 is 1.00 bits per heavy atom. The zero-order chi connectivity index (χ0) is 3.58. The van der Waals surface area contributed by atoms with Gasteiger partial charge in [-0.25, -0.2) is 0 Å². The van der Waals surface area contributed by atoms with E-state index in [-0.39, 0.29) is 16.5 Å². The Hall–Kier alpha value is 0.714. The van der Waals surface area contributed by atoms with Crippen LogP contribution in [0.15, 0.2) is 0 Å². The number of halogens is 3. The van der Waals surface area contributed by atoms with Crippen molar-refractivity contribution >= 4 is 8.85 Å². The van der Waals surface area contributed by atoms with E-state index in [1.807, 2.05) is 0 Å². The largest absolute Gasteiger partial charge is 2.00 e. The molecule has 0 rings (SSSR count). The van der Waals surface area contributed by atoms with Crippen molar-refractivity contribution in [2.75, 3.05) is 0 Å². The minimum absolute atomic E-state index is 0. The van der Waals surface area contributed by atoms with E-state index >= 15 is 0 Å². The summed E-state index contributed by atoms with van der Waals surface area (Å²) >= 11 is 0. The first-order chi connectivity index (χ1) is 1.73. The molecule has 0 amide bonds. The summed E-state index contributed by atoms with van der Waals surface area (Å²) in [5, 5.41) is 0. The fraction of sp³-hybridized carbons (Fsp3) is 0. The maximum Gasteiger partial charge on any atom is 2.00 e. The van der Waals surface area contributed by atoms with Crippen molar-refractivity contribution in [2.45, 2.75) is 0 Å². The normalized spacial score (nSPS) is 7.20. The van der Waals surface area contributed by atoms with Gasteiger partial charge < -0.3 is 0 Å². The van der Waals surface area contributed by atoms with Crippen LogP contribution in [0.25, 0.3) is 0 Å². The van der Waals surface area contributed by atoms with Gasteiger partial charge in [-0.3, -0.25) is 0 Å². The van der Waals surface area contributed by atoms with Gasteiger partial charge in [0.2, 0.25) is 0 Å². The van der Waals surface area contributed by atoms with Crippen LogP contribution in [-0.4, -0.2) is 0 Å². The second kappa shape index (κ2) is 4.71. The molecule has 0 atom stereocenters. The molecular formula is F3NiP+2. The molecule has 0 aromatic rings.